The minimum Gasteiger partial charge on any atom is -0.492 e. The number of rotatable bonds is 6. The maximum atomic E-state index is 12.0. The summed E-state index contributed by atoms with van der Waals surface area (Å²) in [5.74, 6) is 0.0476. The number of hydrogen-bond acceptors (Lipinski definition) is 4. The molecule has 1 atom stereocenters. The SMILES string of the molecule is Cc1ccc(OCCN(C)C(=O)C[C@H]2NC(=O)NC2=O)cc1. The summed E-state index contributed by atoms with van der Waals surface area (Å²) in [5.41, 5.74) is 1.15. The first kappa shape index (κ1) is 15.8. The van der Waals surface area contributed by atoms with Gasteiger partial charge in [-0.15, -0.1) is 0 Å². The summed E-state index contributed by atoms with van der Waals surface area (Å²) in [7, 11) is 1.63. The number of nitrogens with zero attached hydrogens (tertiary/aromatic N) is 1. The minimum absolute atomic E-state index is 0.0569. The van der Waals surface area contributed by atoms with Crippen molar-refractivity contribution in [3.05, 3.63) is 29.8 Å². The number of ether oxygens (including phenoxy) is 1. The fourth-order valence-corrected chi connectivity index (χ4v) is 1.99. The fraction of sp³-hybridized carbons (Fsp3) is 0.400. The Hall–Kier alpha value is -2.57. The molecule has 4 amide bonds. The predicted molar refractivity (Wildman–Crippen MR) is 79.4 cm³/mol. The number of carbonyl (C=O) groups is 3. The second-order valence-corrected chi connectivity index (χ2v) is 5.20. The number of nitrogens with one attached hydrogen (secondary N) is 2. The van der Waals surface area contributed by atoms with Crippen molar-refractivity contribution in [1.82, 2.24) is 15.5 Å². The molecular formula is C15H19N3O4. The largest absolute Gasteiger partial charge is 0.492 e. The molecule has 1 aliphatic heterocycles. The third-order valence-electron chi connectivity index (χ3n) is 3.38. The molecule has 0 radical (unpaired) electrons. The van der Waals surface area contributed by atoms with Crippen LogP contribution in [0.15, 0.2) is 24.3 Å². The summed E-state index contributed by atoms with van der Waals surface area (Å²) >= 11 is 0. The third kappa shape index (κ3) is 4.21. The van der Waals surface area contributed by atoms with Gasteiger partial charge in [-0.1, -0.05) is 17.7 Å². The lowest BCUT2D eigenvalue weighted by molar-refractivity contribution is -0.133. The summed E-state index contributed by atoms with van der Waals surface area (Å²) in [6, 6.07) is 6.29. The average molecular weight is 305 g/mol. The highest BCUT2D eigenvalue weighted by atomic mass is 16.5. The van der Waals surface area contributed by atoms with Crippen LogP contribution in [-0.4, -0.2) is 49.0 Å². The summed E-state index contributed by atoms with van der Waals surface area (Å²) in [6.45, 7) is 2.75. The van der Waals surface area contributed by atoms with E-state index in [1.165, 1.54) is 4.90 Å². The van der Waals surface area contributed by atoms with Crippen molar-refractivity contribution in [3.8, 4) is 5.75 Å². The number of urea groups is 1. The number of aryl methyl sites for hydroxylation is 1. The van der Waals surface area contributed by atoms with Gasteiger partial charge in [-0.2, -0.15) is 0 Å². The van der Waals surface area contributed by atoms with E-state index in [1.807, 2.05) is 31.2 Å². The molecule has 2 rings (SSSR count). The van der Waals surface area contributed by atoms with E-state index in [0.29, 0.717) is 13.2 Å². The molecule has 1 aliphatic rings. The van der Waals surface area contributed by atoms with E-state index in [1.54, 1.807) is 7.05 Å². The number of amides is 4. The van der Waals surface area contributed by atoms with Gasteiger partial charge in [0.15, 0.2) is 0 Å². The Labute approximate surface area is 128 Å². The molecule has 0 spiro atoms. The van der Waals surface area contributed by atoms with Gasteiger partial charge >= 0.3 is 6.03 Å². The lowest BCUT2D eigenvalue weighted by atomic mass is 10.2. The molecule has 1 aromatic carbocycles. The fourth-order valence-electron chi connectivity index (χ4n) is 1.99. The second kappa shape index (κ2) is 6.93. The molecule has 1 fully saturated rings. The topological polar surface area (TPSA) is 87.7 Å². The first-order valence-corrected chi connectivity index (χ1v) is 7.00. The highest BCUT2D eigenvalue weighted by molar-refractivity contribution is 6.05. The Morgan fingerprint density at radius 1 is 1.27 bits per heavy atom. The standard InChI is InChI=1S/C15H19N3O4/c1-10-3-5-11(6-4-10)22-8-7-18(2)13(19)9-12-14(20)17-15(21)16-12/h3-6,12H,7-9H2,1-2H3,(H2,16,17,20,21)/t12-/m1/s1. The number of imide groups is 1. The molecule has 0 aromatic heterocycles. The van der Waals surface area contributed by atoms with Crippen LogP contribution >= 0.6 is 0 Å². The van der Waals surface area contributed by atoms with E-state index in [9.17, 15) is 14.4 Å². The second-order valence-electron chi connectivity index (χ2n) is 5.20. The average Bonchev–Trinajstić information content (AvgIpc) is 2.78. The van der Waals surface area contributed by atoms with E-state index >= 15 is 0 Å². The van der Waals surface area contributed by atoms with Crippen LogP contribution in [0.3, 0.4) is 0 Å². The van der Waals surface area contributed by atoms with Gasteiger partial charge in [-0.3, -0.25) is 14.9 Å². The molecule has 1 saturated heterocycles. The van der Waals surface area contributed by atoms with Gasteiger partial charge in [0.05, 0.1) is 13.0 Å². The zero-order valence-corrected chi connectivity index (χ0v) is 12.6. The van der Waals surface area contributed by atoms with Crippen LogP contribution in [0.25, 0.3) is 0 Å². The highest BCUT2D eigenvalue weighted by Gasteiger charge is 2.31. The van der Waals surface area contributed by atoms with E-state index in [2.05, 4.69) is 10.6 Å². The molecule has 7 nitrogen and oxygen atoms in total. The Bertz CT molecular complexity index is 571. The summed E-state index contributed by atoms with van der Waals surface area (Å²) < 4.78 is 5.55. The highest BCUT2D eigenvalue weighted by Crippen LogP contribution is 2.11. The quantitative estimate of drug-likeness (QED) is 0.746. The van der Waals surface area contributed by atoms with Gasteiger partial charge in [0.25, 0.3) is 5.91 Å². The van der Waals surface area contributed by atoms with Crippen LogP contribution in [0.2, 0.25) is 0 Å². The minimum atomic E-state index is -0.791. The summed E-state index contributed by atoms with van der Waals surface area (Å²) in [5, 5.41) is 4.49. The van der Waals surface area contributed by atoms with Crippen LogP contribution in [-0.2, 0) is 9.59 Å². The van der Waals surface area contributed by atoms with Crippen molar-refractivity contribution in [1.29, 1.82) is 0 Å². The van der Waals surface area contributed by atoms with Crippen molar-refractivity contribution in [2.45, 2.75) is 19.4 Å². The molecule has 0 aliphatic carbocycles. The van der Waals surface area contributed by atoms with Crippen LogP contribution in [0.4, 0.5) is 4.79 Å². The van der Waals surface area contributed by atoms with E-state index < -0.39 is 18.0 Å². The summed E-state index contributed by atoms with van der Waals surface area (Å²) in [6.07, 6.45) is -0.0569. The smallest absolute Gasteiger partial charge is 0.322 e. The molecule has 0 bridgehead atoms. The molecule has 1 heterocycles. The van der Waals surface area contributed by atoms with Crippen molar-refractivity contribution < 1.29 is 19.1 Å². The maximum absolute atomic E-state index is 12.0. The van der Waals surface area contributed by atoms with Crippen LogP contribution < -0.4 is 15.4 Å². The molecule has 2 N–H and O–H groups in total. The number of carbonyl (C=O) groups excluding carboxylic acids is 3. The van der Waals surface area contributed by atoms with Crippen LogP contribution in [0, 0.1) is 6.92 Å². The van der Waals surface area contributed by atoms with Crippen molar-refractivity contribution in [2.75, 3.05) is 20.2 Å². The zero-order valence-electron chi connectivity index (χ0n) is 12.6. The zero-order chi connectivity index (χ0) is 16.1. The summed E-state index contributed by atoms with van der Waals surface area (Å²) in [4.78, 5) is 35.8. The van der Waals surface area contributed by atoms with E-state index in [0.717, 1.165) is 11.3 Å². The van der Waals surface area contributed by atoms with E-state index in [4.69, 9.17) is 4.74 Å². The Kier molecular flexibility index (Phi) is 4.98. The Balaban J connectivity index is 1.73. The normalized spacial score (nSPS) is 16.9. The monoisotopic (exact) mass is 305 g/mol. The lowest BCUT2D eigenvalue weighted by Gasteiger charge is -2.18. The van der Waals surface area contributed by atoms with E-state index in [-0.39, 0.29) is 12.3 Å². The molecular weight excluding hydrogens is 286 g/mol. The molecule has 1 aromatic rings. The first-order valence-electron chi connectivity index (χ1n) is 7.00. The number of benzene rings is 1. The predicted octanol–water partition coefficient (Wildman–Crippen LogP) is 0.430. The van der Waals surface area contributed by atoms with Gasteiger partial charge in [-0.25, -0.2) is 4.79 Å². The van der Waals surface area contributed by atoms with Gasteiger partial charge in [-0.05, 0) is 19.1 Å². The van der Waals surface area contributed by atoms with Crippen LogP contribution in [0.1, 0.15) is 12.0 Å². The molecule has 0 saturated carbocycles. The van der Waals surface area contributed by atoms with Gasteiger partial charge in [0.1, 0.15) is 18.4 Å². The Morgan fingerprint density at radius 3 is 2.55 bits per heavy atom. The van der Waals surface area contributed by atoms with Crippen molar-refractivity contribution >= 4 is 17.8 Å². The molecule has 22 heavy (non-hydrogen) atoms. The Morgan fingerprint density at radius 2 is 1.95 bits per heavy atom. The van der Waals surface area contributed by atoms with Gasteiger partial charge < -0.3 is 15.0 Å². The number of hydrogen-bond donors (Lipinski definition) is 2. The lowest BCUT2D eigenvalue weighted by Crippen LogP contribution is -2.38. The number of likely N-dealkylation sites (N-methyl/N-ethyl adjacent to an activating group) is 1. The van der Waals surface area contributed by atoms with Crippen LogP contribution in [0.5, 0.6) is 5.75 Å². The third-order valence-corrected chi connectivity index (χ3v) is 3.38. The first-order chi connectivity index (χ1) is 10.5. The molecule has 0 unspecified atom stereocenters. The molecule has 118 valence electrons. The maximum Gasteiger partial charge on any atom is 0.322 e. The van der Waals surface area contributed by atoms with Gasteiger partial charge in [0, 0.05) is 7.05 Å². The molecule has 7 heteroatoms. The van der Waals surface area contributed by atoms with Crippen molar-refractivity contribution in [2.24, 2.45) is 0 Å². The van der Waals surface area contributed by atoms with Crippen molar-refractivity contribution in [3.63, 3.8) is 0 Å². The van der Waals surface area contributed by atoms with Gasteiger partial charge in [0.2, 0.25) is 5.91 Å².